The van der Waals surface area contributed by atoms with Crippen LogP contribution in [0.1, 0.15) is 18.3 Å². The molecular formula is C17H24N6O. The second-order valence-corrected chi connectivity index (χ2v) is 6.48. The van der Waals surface area contributed by atoms with Gasteiger partial charge in [0.05, 0.1) is 23.9 Å². The molecule has 1 aliphatic rings. The number of aromatic nitrogens is 4. The Balaban J connectivity index is 1.80. The van der Waals surface area contributed by atoms with Crippen LogP contribution >= 0.6 is 0 Å². The Labute approximate surface area is 140 Å². The maximum absolute atomic E-state index is 5.85. The van der Waals surface area contributed by atoms with Crippen molar-refractivity contribution >= 4 is 22.1 Å². The number of fused-ring (bicyclic) bond motifs is 3. The van der Waals surface area contributed by atoms with Crippen LogP contribution in [0.3, 0.4) is 0 Å². The average molecular weight is 328 g/mol. The molecule has 7 nitrogen and oxygen atoms in total. The number of methoxy groups -OCH3 is 1. The summed E-state index contributed by atoms with van der Waals surface area (Å²) in [4.78, 5) is 14.8. The highest BCUT2D eigenvalue weighted by molar-refractivity contribution is 6.01. The standard InChI is InChI=1S/C17H24N6O/c1-11-21-13-9-20-17-12(3-6-19-17)16(13)23(11)14-4-7-22(8-5-18)10-15(14)24-2/h3,6,9,14-15H,4-5,7-8,10,18H2,1-2H3,(H,19,20). The highest BCUT2D eigenvalue weighted by Gasteiger charge is 2.32. The lowest BCUT2D eigenvalue weighted by Crippen LogP contribution is -2.47. The van der Waals surface area contributed by atoms with Crippen LogP contribution in [-0.2, 0) is 4.74 Å². The van der Waals surface area contributed by atoms with Crippen LogP contribution in [0.5, 0.6) is 0 Å². The minimum absolute atomic E-state index is 0.128. The SMILES string of the molecule is COC1CN(CCN)CCC1n1c(C)nc2cnc3[nH]ccc3c21. The highest BCUT2D eigenvalue weighted by Crippen LogP contribution is 2.33. The van der Waals surface area contributed by atoms with Crippen molar-refractivity contribution in [1.82, 2.24) is 24.4 Å². The van der Waals surface area contributed by atoms with Crippen LogP contribution in [0.2, 0.25) is 0 Å². The first-order chi connectivity index (χ1) is 11.7. The number of ether oxygens (including phenoxy) is 1. The number of hydrogen-bond acceptors (Lipinski definition) is 5. The minimum atomic E-state index is 0.128. The molecule has 0 aliphatic carbocycles. The van der Waals surface area contributed by atoms with Crippen LogP contribution in [0.25, 0.3) is 22.1 Å². The molecule has 4 rings (SSSR count). The first-order valence-corrected chi connectivity index (χ1v) is 8.48. The van der Waals surface area contributed by atoms with Crippen molar-refractivity contribution in [2.45, 2.75) is 25.5 Å². The fourth-order valence-corrected chi connectivity index (χ4v) is 3.99. The van der Waals surface area contributed by atoms with Gasteiger partial charge in [-0.25, -0.2) is 9.97 Å². The van der Waals surface area contributed by atoms with Gasteiger partial charge in [0.15, 0.2) is 0 Å². The first kappa shape index (κ1) is 15.6. The van der Waals surface area contributed by atoms with Crippen LogP contribution in [-0.4, -0.2) is 63.8 Å². The summed E-state index contributed by atoms with van der Waals surface area (Å²) in [5.74, 6) is 1.01. The fraction of sp³-hybridized carbons (Fsp3) is 0.529. The van der Waals surface area contributed by atoms with E-state index >= 15 is 0 Å². The lowest BCUT2D eigenvalue weighted by molar-refractivity contribution is -0.00432. The number of hydrogen-bond donors (Lipinski definition) is 2. The monoisotopic (exact) mass is 328 g/mol. The molecule has 3 N–H and O–H groups in total. The molecule has 1 aliphatic heterocycles. The molecule has 1 saturated heterocycles. The van der Waals surface area contributed by atoms with Gasteiger partial charge >= 0.3 is 0 Å². The molecule has 0 saturated carbocycles. The van der Waals surface area contributed by atoms with Crippen LogP contribution in [0.4, 0.5) is 0 Å². The maximum Gasteiger partial charge on any atom is 0.139 e. The maximum atomic E-state index is 5.85. The van der Waals surface area contributed by atoms with Crippen molar-refractivity contribution in [3.05, 3.63) is 24.3 Å². The van der Waals surface area contributed by atoms with Crippen molar-refractivity contribution in [2.75, 3.05) is 33.3 Å². The smallest absolute Gasteiger partial charge is 0.139 e. The summed E-state index contributed by atoms with van der Waals surface area (Å²) in [6.07, 6.45) is 4.94. The zero-order valence-corrected chi connectivity index (χ0v) is 14.2. The van der Waals surface area contributed by atoms with E-state index in [1.54, 1.807) is 7.11 Å². The minimum Gasteiger partial charge on any atom is -0.378 e. The topological polar surface area (TPSA) is 85.0 Å². The lowest BCUT2D eigenvalue weighted by atomic mass is 10.0. The summed E-state index contributed by atoms with van der Waals surface area (Å²) < 4.78 is 8.20. The number of rotatable bonds is 4. The van der Waals surface area contributed by atoms with Gasteiger partial charge in [0.1, 0.15) is 17.0 Å². The third-order valence-electron chi connectivity index (χ3n) is 5.10. The van der Waals surface area contributed by atoms with Gasteiger partial charge in [0, 0.05) is 44.9 Å². The van der Waals surface area contributed by atoms with E-state index in [1.807, 2.05) is 12.4 Å². The highest BCUT2D eigenvalue weighted by atomic mass is 16.5. The van der Waals surface area contributed by atoms with Crippen LogP contribution in [0.15, 0.2) is 18.5 Å². The van der Waals surface area contributed by atoms with Gasteiger partial charge in [-0.2, -0.15) is 0 Å². The Kier molecular flexibility index (Phi) is 3.99. The van der Waals surface area contributed by atoms with Crippen molar-refractivity contribution in [3.8, 4) is 0 Å². The van der Waals surface area contributed by atoms with Gasteiger partial charge in [-0.15, -0.1) is 0 Å². The number of nitrogens with zero attached hydrogens (tertiary/aromatic N) is 4. The molecule has 2 atom stereocenters. The molecule has 2 unspecified atom stereocenters. The molecule has 0 aromatic carbocycles. The Bertz CT molecular complexity index is 853. The average Bonchev–Trinajstić information content (AvgIpc) is 3.18. The van der Waals surface area contributed by atoms with Crippen LogP contribution in [0, 0.1) is 6.92 Å². The van der Waals surface area contributed by atoms with E-state index < -0.39 is 0 Å². The molecule has 0 spiro atoms. The van der Waals surface area contributed by atoms with E-state index in [0.717, 1.165) is 53.9 Å². The van der Waals surface area contributed by atoms with Gasteiger partial charge in [0.2, 0.25) is 0 Å². The molecule has 0 radical (unpaired) electrons. The Morgan fingerprint density at radius 3 is 3.12 bits per heavy atom. The summed E-state index contributed by atoms with van der Waals surface area (Å²) >= 11 is 0. The summed E-state index contributed by atoms with van der Waals surface area (Å²) in [7, 11) is 1.80. The van der Waals surface area contributed by atoms with Crippen LogP contribution < -0.4 is 5.73 Å². The molecule has 0 amide bonds. The molecule has 128 valence electrons. The van der Waals surface area contributed by atoms with Crippen molar-refractivity contribution in [1.29, 1.82) is 0 Å². The number of likely N-dealkylation sites (tertiary alicyclic amines) is 1. The zero-order valence-electron chi connectivity index (χ0n) is 14.2. The summed E-state index contributed by atoms with van der Waals surface area (Å²) in [5, 5.41) is 1.12. The van der Waals surface area contributed by atoms with Gasteiger partial charge in [-0.3, -0.25) is 4.90 Å². The van der Waals surface area contributed by atoms with E-state index in [-0.39, 0.29) is 12.1 Å². The van der Waals surface area contributed by atoms with Gasteiger partial charge < -0.3 is 20.0 Å². The third-order valence-corrected chi connectivity index (χ3v) is 5.10. The number of nitrogens with two attached hydrogens (primary N) is 1. The molecule has 7 heteroatoms. The molecule has 3 aromatic heterocycles. The van der Waals surface area contributed by atoms with E-state index in [0.29, 0.717) is 6.54 Å². The first-order valence-electron chi connectivity index (χ1n) is 8.48. The second kappa shape index (κ2) is 6.16. The Morgan fingerprint density at radius 1 is 1.46 bits per heavy atom. The quantitative estimate of drug-likeness (QED) is 0.757. The largest absolute Gasteiger partial charge is 0.378 e. The molecular weight excluding hydrogens is 304 g/mol. The number of aromatic amines is 1. The molecule has 24 heavy (non-hydrogen) atoms. The van der Waals surface area contributed by atoms with Gasteiger partial charge in [-0.05, 0) is 19.4 Å². The number of piperidine rings is 1. The molecule has 0 bridgehead atoms. The van der Waals surface area contributed by atoms with Crippen molar-refractivity contribution in [2.24, 2.45) is 5.73 Å². The van der Waals surface area contributed by atoms with Crippen molar-refractivity contribution in [3.63, 3.8) is 0 Å². The zero-order chi connectivity index (χ0) is 16.7. The Hall–Kier alpha value is -1.96. The number of pyridine rings is 1. The van der Waals surface area contributed by atoms with E-state index in [4.69, 9.17) is 15.5 Å². The number of aryl methyl sites for hydroxylation is 1. The summed E-state index contributed by atoms with van der Waals surface area (Å²) in [6, 6.07) is 2.35. The van der Waals surface area contributed by atoms with Gasteiger partial charge in [0.25, 0.3) is 0 Å². The predicted octanol–water partition coefficient (Wildman–Crippen LogP) is 1.44. The lowest BCUT2D eigenvalue weighted by Gasteiger charge is -2.38. The number of nitrogens with one attached hydrogen (secondary N) is 1. The third kappa shape index (κ3) is 2.40. The predicted molar refractivity (Wildman–Crippen MR) is 94.1 cm³/mol. The fourth-order valence-electron chi connectivity index (χ4n) is 3.99. The van der Waals surface area contributed by atoms with E-state index in [9.17, 15) is 0 Å². The summed E-state index contributed by atoms with van der Waals surface area (Å²) in [5.41, 5.74) is 8.71. The number of H-pyrrole nitrogens is 1. The normalized spacial score (nSPS) is 22.6. The molecule has 1 fully saturated rings. The van der Waals surface area contributed by atoms with Gasteiger partial charge in [-0.1, -0.05) is 0 Å². The Morgan fingerprint density at radius 2 is 2.33 bits per heavy atom. The molecule has 4 heterocycles. The second-order valence-electron chi connectivity index (χ2n) is 6.48. The van der Waals surface area contributed by atoms with E-state index in [1.165, 1.54) is 0 Å². The summed E-state index contributed by atoms with van der Waals surface area (Å²) in [6.45, 7) is 5.60. The molecule has 3 aromatic rings. The number of imidazole rings is 1. The van der Waals surface area contributed by atoms with E-state index in [2.05, 4.69) is 32.4 Å². The van der Waals surface area contributed by atoms with Crippen molar-refractivity contribution < 1.29 is 4.74 Å².